The number of halogens is 4. The quantitative estimate of drug-likeness (QED) is 0.856. The van der Waals surface area contributed by atoms with Crippen molar-refractivity contribution in [3.8, 4) is 0 Å². The van der Waals surface area contributed by atoms with E-state index >= 15 is 0 Å². The Kier molecular flexibility index (Phi) is 4.97. The van der Waals surface area contributed by atoms with Gasteiger partial charge in [-0.25, -0.2) is 8.78 Å². The molecule has 0 saturated carbocycles. The van der Waals surface area contributed by atoms with Crippen LogP contribution in [0.25, 0.3) is 0 Å². The monoisotopic (exact) mass is 315 g/mol. The van der Waals surface area contributed by atoms with Crippen LogP contribution in [0.2, 0.25) is 10.0 Å². The Balaban J connectivity index is 2.31. The molecule has 1 unspecified atom stereocenters. The number of hydrogen-bond donors (Lipinski definition) is 1. The van der Waals surface area contributed by atoms with E-state index < -0.39 is 5.82 Å². The van der Waals surface area contributed by atoms with Gasteiger partial charge in [0.1, 0.15) is 11.6 Å². The van der Waals surface area contributed by atoms with Crippen LogP contribution < -0.4 is 5.32 Å². The molecule has 1 N–H and O–H groups in total. The highest BCUT2D eigenvalue weighted by Gasteiger charge is 2.16. The molecule has 20 heavy (non-hydrogen) atoms. The summed E-state index contributed by atoms with van der Waals surface area (Å²) in [7, 11) is 1.73. The van der Waals surface area contributed by atoms with E-state index in [1.54, 1.807) is 25.2 Å². The number of likely N-dealkylation sites (N-methyl/N-ethyl adjacent to an activating group) is 1. The van der Waals surface area contributed by atoms with Gasteiger partial charge in [0.15, 0.2) is 0 Å². The first kappa shape index (κ1) is 15.2. The third kappa shape index (κ3) is 3.29. The van der Waals surface area contributed by atoms with E-state index in [4.69, 9.17) is 23.2 Å². The largest absolute Gasteiger partial charge is 0.313 e. The van der Waals surface area contributed by atoms with Gasteiger partial charge in [-0.3, -0.25) is 0 Å². The van der Waals surface area contributed by atoms with Gasteiger partial charge in [-0.15, -0.1) is 0 Å². The first-order chi connectivity index (χ1) is 9.52. The lowest BCUT2D eigenvalue weighted by atomic mass is 9.98. The van der Waals surface area contributed by atoms with Crippen molar-refractivity contribution >= 4 is 23.2 Å². The van der Waals surface area contributed by atoms with Gasteiger partial charge in [-0.1, -0.05) is 35.3 Å². The molecule has 0 fully saturated rings. The second kappa shape index (κ2) is 6.53. The summed E-state index contributed by atoms with van der Waals surface area (Å²) in [4.78, 5) is 0. The number of hydrogen-bond acceptors (Lipinski definition) is 1. The summed E-state index contributed by atoms with van der Waals surface area (Å²) in [5, 5.41) is 3.46. The lowest BCUT2D eigenvalue weighted by Gasteiger charge is -2.18. The van der Waals surface area contributed by atoms with Gasteiger partial charge >= 0.3 is 0 Å². The number of benzene rings is 2. The average molecular weight is 316 g/mol. The van der Waals surface area contributed by atoms with Crippen molar-refractivity contribution in [2.24, 2.45) is 0 Å². The molecule has 1 nitrogen and oxygen atoms in total. The lowest BCUT2D eigenvalue weighted by molar-refractivity contribution is 0.549. The highest BCUT2D eigenvalue weighted by atomic mass is 35.5. The van der Waals surface area contributed by atoms with E-state index in [0.717, 1.165) is 0 Å². The summed E-state index contributed by atoms with van der Waals surface area (Å²) in [5.41, 5.74) is 1.09. The molecule has 0 spiro atoms. The molecule has 0 aliphatic carbocycles. The predicted octanol–water partition coefficient (Wildman–Crippen LogP) is 4.77. The van der Waals surface area contributed by atoms with E-state index in [1.165, 1.54) is 18.2 Å². The SMILES string of the molecule is CNC(Cc1c(F)cccc1Cl)c1ccc(Cl)c(F)c1. The van der Waals surface area contributed by atoms with Crippen LogP contribution in [-0.4, -0.2) is 7.05 Å². The fourth-order valence-corrected chi connectivity index (χ4v) is 2.40. The topological polar surface area (TPSA) is 12.0 Å². The minimum Gasteiger partial charge on any atom is -0.313 e. The average Bonchev–Trinajstić information content (AvgIpc) is 2.42. The highest BCUT2D eigenvalue weighted by Crippen LogP contribution is 2.27. The summed E-state index contributed by atoms with van der Waals surface area (Å²) < 4.78 is 27.3. The maximum atomic E-state index is 13.8. The summed E-state index contributed by atoms with van der Waals surface area (Å²) in [6, 6.07) is 8.83. The van der Waals surface area contributed by atoms with Crippen LogP contribution in [0.5, 0.6) is 0 Å². The van der Waals surface area contributed by atoms with Crippen molar-refractivity contribution in [3.63, 3.8) is 0 Å². The summed E-state index contributed by atoms with van der Waals surface area (Å²) in [6.07, 6.45) is 0.322. The van der Waals surface area contributed by atoms with Crippen LogP contribution in [0.15, 0.2) is 36.4 Å². The smallest absolute Gasteiger partial charge is 0.142 e. The van der Waals surface area contributed by atoms with E-state index in [-0.39, 0.29) is 16.9 Å². The van der Waals surface area contributed by atoms with Gasteiger partial charge in [-0.05, 0) is 43.3 Å². The molecule has 1 atom stereocenters. The second-order valence-corrected chi connectivity index (χ2v) is 5.23. The normalized spacial score (nSPS) is 12.4. The van der Waals surface area contributed by atoms with Gasteiger partial charge in [0, 0.05) is 16.6 Å². The molecule has 5 heteroatoms. The molecule has 0 amide bonds. The molecule has 0 aromatic heterocycles. The zero-order valence-electron chi connectivity index (χ0n) is 10.8. The Labute approximate surface area is 126 Å². The van der Waals surface area contributed by atoms with Crippen LogP contribution in [0, 0.1) is 11.6 Å². The van der Waals surface area contributed by atoms with Gasteiger partial charge in [-0.2, -0.15) is 0 Å². The van der Waals surface area contributed by atoms with Crippen molar-refractivity contribution in [2.45, 2.75) is 12.5 Å². The van der Waals surface area contributed by atoms with Crippen LogP contribution in [-0.2, 0) is 6.42 Å². The van der Waals surface area contributed by atoms with Gasteiger partial charge < -0.3 is 5.32 Å². The summed E-state index contributed by atoms with van der Waals surface area (Å²) in [5.74, 6) is -0.865. The fourth-order valence-electron chi connectivity index (χ4n) is 2.05. The van der Waals surface area contributed by atoms with Crippen molar-refractivity contribution in [1.82, 2.24) is 5.32 Å². The number of nitrogens with one attached hydrogen (secondary N) is 1. The van der Waals surface area contributed by atoms with Crippen molar-refractivity contribution in [3.05, 3.63) is 69.2 Å². The first-order valence-electron chi connectivity index (χ1n) is 6.08. The maximum absolute atomic E-state index is 13.8. The highest BCUT2D eigenvalue weighted by molar-refractivity contribution is 6.31. The van der Waals surface area contributed by atoms with Crippen LogP contribution >= 0.6 is 23.2 Å². The third-order valence-corrected chi connectivity index (χ3v) is 3.83. The molecule has 0 saturated heterocycles. The first-order valence-corrected chi connectivity index (χ1v) is 6.83. The minimum atomic E-state index is -0.496. The molecule has 2 aromatic rings. The molecule has 0 bridgehead atoms. The Bertz CT molecular complexity index is 597. The molecule has 2 aromatic carbocycles. The summed E-state index contributed by atoms with van der Waals surface area (Å²) in [6.45, 7) is 0. The third-order valence-electron chi connectivity index (χ3n) is 3.16. The lowest BCUT2D eigenvalue weighted by Crippen LogP contribution is -2.19. The summed E-state index contributed by atoms with van der Waals surface area (Å²) >= 11 is 11.7. The Morgan fingerprint density at radius 2 is 1.80 bits per heavy atom. The Morgan fingerprint density at radius 3 is 2.40 bits per heavy atom. The molecular weight excluding hydrogens is 303 g/mol. The predicted molar refractivity (Wildman–Crippen MR) is 78.3 cm³/mol. The number of rotatable bonds is 4. The van der Waals surface area contributed by atoms with Crippen molar-refractivity contribution in [2.75, 3.05) is 7.05 Å². The molecule has 0 aliphatic heterocycles. The molecule has 0 heterocycles. The van der Waals surface area contributed by atoms with Gasteiger partial charge in [0.2, 0.25) is 0 Å². The van der Waals surface area contributed by atoms with Crippen molar-refractivity contribution < 1.29 is 8.78 Å². The van der Waals surface area contributed by atoms with E-state index in [9.17, 15) is 8.78 Å². The second-order valence-electron chi connectivity index (χ2n) is 4.42. The molecule has 2 rings (SSSR count). The van der Waals surface area contributed by atoms with E-state index in [1.807, 2.05) is 0 Å². The van der Waals surface area contributed by atoms with E-state index in [0.29, 0.717) is 22.6 Å². The van der Waals surface area contributed by atoms with Crippen LogP contribution in [0.1, 0.15) is 17.2 Å². The van der Waals surface area contributed by atoms with Gasteiger partial charge in [0.25, 0.3) is 0 Å². The molecule has 0 radical (unpaired) electrons. The maximum Gasteiger partial charge on any atom is 0.142 e. The standard InChI is InChI=1S/C15H13Cl2F2N/c1-20-15(9-5-6-12(17)14(19)7-9)8-10-11(16)3-2-4-13(10)18/h2-7,15,20H,8H2,1H3. The fraction of sp³-hybridized carbons (Fsp3) is 0.200. The van der Waals surface area contributed by atoms with Crippen molar-refractivity contribution in [1.29, 1.82) is 0 Å². The molecule has 0 aliphatic rings. The van der Waals surface area contributed by atoms with E-state index in [2.05, 4.69) is 5.32 Å². The Hall–Kier alpha value is -1.16. The van der Waals surface area contributed by atoms with Crippen LogP contribution in [0.3, 0.4) is 0 Å². The minimum absolute atomic E-state index is 0.0625. The van der Waals surface area contributed by atoms with Gasteiger partial charge in [0.05, 0.1) is 5.02 Å². The van der Waals surface area contributed by atoms with Crippen LogP contribution in [0.4, 0.5) is 8.78 Å². The Morgan fingerprint density at radius 1 is 1.05 bits per heavy atom. The molecule has 106 valence electrons. The molecular formula is C15H13Cl2F2N. The zero-order chi connectivity index (χ0) is 14.7. The zero-order valence-corrected chi connectivity index (χ0v) is 12.3.